The predicted octanol–water partition coefficient (Wildman–Crippen LogP) is 3.22. The lowest BCUT2D eigenvalue weighted by Gasteiger charge is -2.19. The number of benzene rings is 1. The van der Waals surface area contributed by atoms with Crippen LogP contribution in [0.25, 0.3) is 0 Å². The first-order chi connectivity index (χ1) is 9.94. The summed E-state index contributed by atoms with van der Waals surface area (Å²) in [6, 6.07) is 3.11. The molecule has 0 aliphatic rings. The topological polar surface area (TPSA) is 81.4 Å². The highest BCUT2D eigenvalue weighted by Gasteiger charge is 2.19. The van der Waals surface area contributed by atoms with Gasteiger partial charge in [-0.05, 0) is 31.9 Å². The number of hydrogen-bond acceptors (Lipinski definition) is 4. The van der Waals surface area contributed by atoms with E-state index < -0.39 is 11.9 Å². The van der Waals surface area contributed by atoms with Gasteiger partial charge in [0.05, 0.1) is 22.8 Å². The van der Waals surface area contributed by atoms with Crippen LogP contribution in [0.15, 0.2) is 12.1 Å². The maximum absolute atomic E-state index is 11.9. The molecule has 0 saturated heterocycles. The van der Waals surface area contributed by atoms with Crippen molar-refractivity contribution in [1.82, 2.24) is 0 Å². The lowest BCUT2D eigenvalue weighted by Crippen LogP contribution is -2.22. The third kappa shape index (κ3) is 4.36. The molecule has 0 aromatic heterocycles. The molecule has 1 aromatic rings. The Labute approximate surface area is 129 Å². The summed E-state index contributed by atoms with van der Waals surface area (Å²) in [5, 5.41) is 3.38. The third-order valence-electron chi connectivity index (χ3n) is 3.21. The van der Waals surface area contributed by atoms with Crippen LogP contribution in [0.3, 0.4) is 0 Å². The quantitative estimate of drug-likeness (QED) is 0.757. The summed E-state index contributed by atoms with van der Waals surface area (Å²) < 4.78 is 4.95. The fraction of sp³-hybridized carbons (Fsp3) is 0.467. The van der Waals surface area contributed by atoms with Crippen molar-refractivity contribution in [3.05, 3.63) is 28.3 Å². The Morgan fingerprint density at radius 1 is 1.24 bits per heavy atom. The van der Waals surface area contributed by atoms with E-state index in [2.05, 4.69) is 5.32 Å². The molecule has 0 saturated carbocycles. The summed E-state index contributed by atoms with van der Waals surface area (Å²) in [5.74, 6) is -1.12. The van der Waals surface area contributed by atoms with Gasteiger partial charge >= 0.3 is 5.97 Å². The van der Waals surface area contributed by atoms with E-state index in [0.29, 0.717) is 5.69 Å². The van der Waals surface area contributed by atoms with Crippen LogP contribution < -0.4 is 11.1 Å². The highest BCUT2D eigenvalue weighted by atomic mass is 35.5. The molecule has 21 heavy (non-hydrogen) atoms. The first kappa shape index (κ1) is 17.3. The molecular weight excluding hydrogens is 292 g/mol. The van der Waals surface area contributed by atoms with Gasteiger partial charge in [-0.1, -0.05) is 25.4 Å². The van der Waals surface area contributed by atoms with Gasteiger partial charge in [-0.3, -0.25) is 4.79 Å². The van der Waals surface area contributed by atoms with Crippen LogP contribution in [0, 0.1) is 0 Å². The molecule has 0 unspecified atom stereocenters. The minimum Gasteiger partial charge on any atom is -0.462 e. The Morgan fingerprint density at radius 3 is 2.33 bits per heavy atom. The molecule has 0 aliphatic carbocycles. The first-order valence-electron chi connectivity index (χ1n) is 7.01. The van der Waals surface area contributed by atoms with Crippen molar-refractivity contribution in [2.24, 2.45) is 5.73 Å². The SMILES string of the molecule is CCOC(=O)c1cc(NC(CC)CC)c(C(N)=O)cc1Cl. The molecule has 3 N–H and O–H groups in total. The second-order valence-corrected chi connectivity index (χ2v) is 5.03. The molecule has 1 aromatic carbocycles. The average molecular weight is 313 g/mol. The number of esters is 1. The molecule has 116 valence electrons. The van der Waals surface area contributed by atoms with Crippen LogP contribution in [-0.4, -0.2) is 24.5 Å². The average Bonchev–Trinajstić information content (AvgIpc) is 2.45. The molecule has 0 spiro atoms. The van der Waals surface area contributed by atoms with Crippen LogP contribution >= 0.6 is 11.6 Å². The zero-order valence-electron chi connectivity index (χ0n) is 12.5. The fourth-order valence-corrected chi connectivity index (χ4v) is 2.22. The van der Waals surface area contributed by atoms with Gasteiger partial charge in [0.15, 0.2) is 0 Å². The van der Waals surface area contributed by atoms with Crippen LogP contribution in [0.1, 0.15) is 54.3 Å². The van der Waals surface area contributed by atoms with Gasteiger partial charge in [-0.25, -0.2) is 4.79 Å². The molecule has 1 rings (SSSR count). The summed E-state index contributed by atoms with van der Waals surface area (Å²) in [5.41, 5.74) is 6.36. The van der Waals surface area contributed by atoms with E-state index >= 15 is 0 Å². The fourth-order valence-electron chi connectivity index (χ4n) is 1.97. The Bertz CT molecular complexity index is 528. The highest BCUT2D eigenvalue weighted by molar-refractivity contribution is 6.34. The van der Waals surface area contributed by atoms with E-state index in [0.717, 1.165) is 12.8 Å². The van der Waals surface area contributed by atoms with Crippen LogP contribution in [0.2, 0.25) is 5.02 Å². The number of hydrogen-bond donors (Lipinski definition) is 2. The van der Waals surface area contributed by atoms with E-state index in [1.54, 1.807) is 6.92 Å². The molecule has 1 amide bonds. The lowest BCUT2D eigenvalue weighted by molar-refractivity contribution is 0.0526. The molecule has 5 nitrogen and oxygen atoms in total. The van der Waals surface area contributed by atoms with E-state index in [9.17, 15) is 9.59 Å². The number of nitrogens with two attached hydrogens (primary N) is 1. The summed E-state index contributed by atoms with van der Waals surface area (Å²) in [4.78, 5) is 23.4. The number of rotatable bonds is 7. The van der Waals surface area contributed by atoms with Gasteiger partial charge in [0.1, 0.15) is 0 Å². The van der Waals surface area contributed by atoms with Crippen molar-refractivity contribution in [3.8, 4) is 0 Å². The van der Waals surface area contributed by atoms with Crippen molar-refractivity contribution < 1.29 is 14.3 Å². The van der Waals surface area contributed by atoms with Crippen LogP contribution in [0.5, 0.6) is 0 Å². The van der Waals surface area contributed by atoms with Gasteiger partial charge in [-0.15, -0.1) is 0 Å². The number of amides is 1. The monoisotopic (exact) mass is 312 g/mol. The summed E-state index contributed by atoms with van der Waals surface area (Å²) in [7, 11) is 0. The Hall–Kier alpha value is -1.75. The smallest absolute Gasteiger partial charge is 0.339 e. The zero-order chi connectivity index (χ0) is 16.0. The maximum Gasteiger partial charge on any atom is 0.339 e. The number of ether oxygens (including phenoxy) is 1. The van der Waals surface area contributed by atoms with Crippen LogP contribution in [0.4, 0.5) is 5.69 Å². The lowest BCUT2D eigenvalue weighted by atomic mass is 10.1. The standard InChI is InChI=1S/C15H21ClN2O3/c1-4-9(5-2)18-13-8-10(15(20)21-6-3)12(16)7-11(13)14(17)19/h7-9,18H,4-6H2,1-3H3,(H2,17,19). The number of carbonyl (C=O) groups excluding carboxylic acids is 2. The number of nitrogens with one attached hydrogen (secondary N) is 1. The van der Waals surface area contributed by atoms with Crippen molar-refractivity contribution in [2.45, 2.75) is 39.7 Å². The van der Waals surface area contributed by atoms with Crippen LogP contribution in [-0.2, 0) is 4.74 Å². The summed E-state index contributed by atoms with van der Waals surface area (Å²) in [6.45, 7) is 6.04. The highest BCUT2D eigenvalue weighted by Crippen LogP contribution is 2.27. The second kappa shape index (κ2) is 7.88. The molecular formula is C15H21ClN2O3. The largest absolute Gasteiger partial charge is 0.462 e. The van der Waals surface area contributed by atoms with E-state index in [1.165, 1.54) is 12.1 Å². The molecule has 0 atom stereocenters. The number of primary amides is 1. The van der Waals surface area contributed by atoms with E-state index in [-0.39, 0.29) is 28.8 Å². The van der Waals surface area contributed by atoms with Gasteiger partial charge in [0.2, 0.25) is 0 Å². The summed E-state index contributed by atoms with van der Waals surface area (Å²) >= 11 is 6.04. The molecule has 0 heterocycles. The van der Waals surface area contributed by atoms with Crippen molar-refractivity contribution in [1.29, 1.82) is 0 Å². The van der Waals surface area contributed by atoms with E-state index in [4.69, 9.17) is 22.1 Å². The van der Waals surface area contributed by atoms with Gasteiger partial charge in [-0.2, -0.15) is 0 Å². The van der Waals surface area contributed by atoms with Gasteiger partial charge < -0.3 is 15.8 Å². The normalized spacial score (nSPS) is 10.5. The minimum atomic E-state index is -0.597. The second-order valence-electron chi connectivity index (χ2n) is 4.62. The molecule has 0 radical (unpaired) electrons. The predicted molar refractivity (Wildman–Crippen MR) is 83.9 cm³/mol. The van der Waals surface area contributed by atoms with Crippen molar-refractivity contribution >= 4 is 29.2 Å². The third-order valence-corrected chi connectivity index (χ3v) is 3.53. The maximum atomic E-state index is 11.9. The molecule has 0 aliphatic heterocycles. The first-order valence-corrected chi connectivity index (χ1v) is 7.39. The minimum absolute atomic E-state index is 0.150. The number of halogens is 1. The van der Waals surface area contributed by atoms with E-state index in [1.807, 2.05) is 13.8 Å². The Kier molecular flexibility index (Phi) is 6.49. The van der Waals surface area contributed by atoms with Gasteiger partial charge in [0, 0.05) is 11.7 Å². The molecule has 0 bridgehead atoms. The van der Waals surface area contributed by atoms with Crippen molar-refractivity contribution in [2.75, 3.05) is 11.9 Å². The Balaban J connectivity index is 3.27. The zero-order valence-corrected chi connectivity index (χ0v) is 13.3. The number of anilines is 1. The van der Waals surface area contributed by atoms with Crippen molar-refractivity contribution in [3.63, 3.8) is 0 Å². The summed E-state index contributed by atoms with van der Waals surface area (Å²) in [6.07, 6.45) is 1.76. The van der Waals surface area contributed by atoms with Gasteiger partial charge in [0.25, 0.3) is 5.91 Å². The molecule has 0 fully saturated rings. The Morgan fingerprint density at radius 2 is 1.86 bits per heavy atom. The molecule has 6 heteroatoms. The number of carbonyl (C=O) groups is 2.